The third kappa shape index (κ3) is 2.77. The summed E-state index contributed by atoms with van der Waals surface area (Å²) in [5, 5.41) is 28.8. The van der Waals surface area contributed by atoms with Gasteiger partial charge in [0.15, 0.2) is 17.2 Å². The van der Waals surface area contributed by atoms with E-state index in [0.29, 0.717) is 29.0 Å². The highest BCUT2D eigenvalue weighted by atomic mass is 15.4. The van der Waals surface area contributed by atoms with Gasteiger partial charge in [0, 0.05) is 17.8 Å². The molecule has 10 heteroatoms. The number of nitriles is 2. The molecule has 0 amide bonds. The minimum atomic E-state index is 0.0471. The Morgan fingerprint density at radius 2 is 1.96 bits per heavy atom. The highest BCUT2D eigenvalue weighted by Gasteiger charge is 2.24. The van der Waals surface area contributed by atoms with Crippen LogP contribution in [0.5, 0.6) is 0 Å². The van der Waals surface area contributed by atoms with Gasteiger partial charge in [-0.1, -0.05) is 0 Å². The molecule has 0 aliphatic heterocycles. The summed E-state index contributed by atoms with van der Waals surface area (Å²) in [6.07, 6.45) is 5.14. The van der Waals surface area contributed by atoms with Crippen molar-refractivity contribution in [1.82, 2.24) is 29.5 Å². The van der Waals surface area contributed by atoms with Crippen molar-refractivity contribution in [3.8, 4) is 12.1 Å². The first-order valence-corrected chi connectivity index (χ1v) is 7.61. The Morgan fingerprint density at radius 1 is 1.12 bits per heavy atom. The maximum atomic E-state index is 9.23. The summed E-state index contributed by atoms with van der Waals surface area (Å²) in [4.78, 5) is 16.7. The molecule has 0 radical (unpaired) electrons. The molecular formula is C15H12N10. The second-order valence-corrected chi connectivity index (χ2v) is 5.66. The number of aromatic nitrogens is 6. The monoisotopic (exact) mass is 332 g/mol. The van der Waals surface area contributed by atoms with Crippen molar-refractivity contribution in [2.45, 2.75) is 25.8 Å². The van der Waals surface area contributed by atoms with Gasteiger partial charge >= 0.3 is 0 Å². The molecule has 1 fully saturated rings. The molecule has 0 aromatic carbocycles. The van der Waals surface area contributed by atoms with Crippen LogP contribution in [0.15, 0.2) is 12.4 Å². The quantitative estimate of drug-likeness (QED) is 0.722. The van der Waals surface area contributed by atoms with Crippen molar-refractivity contribution in [1.29, 1.82) is 10.5 Å². The van der Waals surface area contributed by atoms with Gasteiger partial charge in [-0.3, -0.25) is 0 Å². The van der Waals surface area contributed by atoms with Crippen LogP contribution in [0, 0.1) is 29.6 Å². The second-order valence-electron chi connectivity index (χ2n) is 5.66. The minimum Gasteiger partial charge on any atom is -0.364 e. The topological polar surface area (TPSA) is 140 Å². The van der Waals surface area contributed by atoms with Crippen LogP contribution in [0.4, 0.5) is 17.6 Å². The molecule has 1 aliphatic rings. The predicted molar refractivity (Wildman–Crippen MR) is 86.9 cm³/mol. The summed E-state index contributed by atoms with van der Waals surface area (Å²) < 4.78 is 1.43. The van der Waals surface area contributed by atoms with Crippen LogP contribution in [-0.2, 0) is 0 Å². The van der Waals surface area contributed by atoms with Gasteiger partial charge in [-0.15, -0.1) is 5.10 Å². The molecule has 0 bridgehead atoms. The second kappa shape index (κ2) is 5.69. The summed E-state index contributed by atoms with van der Waals surface area (Å²) in [6, 6.07) is 4.31. The number of fused-ring (bicyclic) bond motifs is 1. The van der Waals surface area contributed by atoms with Crippen molar-refractivity contribution < 1.29 is 0 Å². The number of aryl methyl sites for hydroxylation is 1. The van der Waals surface area contributed by atoms with Gasteiger partial charge in [-0.25, -0.2) is 15.0 Å². The van der Waals surface area contributed by atoms with Gasteiger partial charge in [0.1, 0.15) is 18.0 Å². The zero-order valence-electron chi connectivity index (χ0n) is 13.2. The van der Waals surface area contributed by atoms with Gasteiger partial charge in [0.25, 0.3) is 0 Å². The summed E-state index contributed by atoms with van der Waals surface area (Å²) >= 11 is 0. The Kier molecular flexibility index (Phi) is 3.36. The third-order valence-electron chi connectivity index (χ3n) is 3.70. The van der Waals surface area contributed by atoms with E-state index in [-0.39, 0.29) is 11.8 Å². The molecule has 3 heterocycles. The smallest absolute Gasteiger partial charge is 0.248 e. The first kappa shape index (κ1) is 14.8. The van der Waals surface area contributed by atoms with E-state index in [0.717, 1.165) is 18.4 Å². The van der Waals surface area contributed by atoms with E-state index < -0.39 is 0 Å². The Labute approximate surface area is 142 Å². The number of anilines is 3. The fourth-order valence-corrected chi connectivity index (χ4v) is 2.26. The van der Waals surface area contributed by atoms with Crippen LogP contribution in [-0.4, -0.2) is 35.6 Å². The summed E-state index contributed by atoms with van der Waals surface area (Å²) in [6.45, 7) is 1.81. The number of rotatable bonds is 4. The van der Waals surface area contributed by atoms with E-state index in [9.17, 15) is 5.26 Å². The lowest BCUT2D eigenvalue weighted by atomic mass is 10.3. The van der Waals surface area contributed by atoms with Gasteiger partial charge in [0.2, 0.25) is 11.8 Å². The molecule has 0 spiro atoms. The van der Waals surface area contributed by atoms with E-state index in [1.165, 1.54) is 10.7 Å². The minimum absolute atomic E-state index is 0.0471. The number of nitrogens with zero attached hydrogens (tertiary/aromatic N) is 8. The Hall–Kier alpha value is -3.79. The van der Waals surface area contributed by atoms with Crippen LogP contribution >= 0.6 is 0 Å². The normalized spacial score (nSPS) is 13.2. The maximum absolute atomic E-state index is 9.23. The average molecular weight is 332 g/mol. The Morgan fingerprint density at radius 3 is 2.68 bits per heavy atom. The molecule has 2 N–H and O–H groups in total. The van der Waals surface area contributed by atoms with E-state index in [1.54, 1.807) is 6.20 Å². The lowest BCUT2D eigenvalue weighted by molar-refractivity contribution is 0.888. The van der Waals surface area contributed by atoms with E-state index in [1.807, 2.05) is 13.0 Å². The van der Waals surface area contributed by atoms with Gasteiger partial charge in [-0.2, -0.15) is 20.0 Å². The molecule has 0 atom stereocenters. The molecule has 1 saturated carbocycles. The van der Waals surface area contributed by atoms with Gasteiger partial charge in [0.05, 0.1) is 6.20 Å². The first-order chi connectivity index (χ1) is 12.2. The average Bonchev–Trinajstić information content (AvgIpc) is 3.33. The molecular weight excluding hydrogens is 320 g/mol. The summed E-state index contributed by atoms with van der Waals surface area (Å²) in [5.41, 5.74) is 1.54. The van der Waals surface area contributed by atoms with Crippen LogP contribution in [0.25, 0.3) is 5.65 Å². The Bertz CT molecular complexity index is 1050. The molecule has 1 aliphatic carbocycles. The molecule has 3 aromatic heterocycles. The maximum Gasteiger partial charge on any atom is 0.248 e. The highest BCUT2D eigenvalue weighted by Crippen LogP contribution is 2.27. The molecule has 25 heavy (non-hydrogen) atoms. The number of nitrogens with one attached hydrogen (secondary N) is 2. The van der Waals surface area contributed by atoms with Crippen LogP contribution in [0.1, 0.15) is 29.9 Å². The van der Waals surface area contributed by atoms with Crippen molar-refractivity contribution in [3.05, 3.63) is 29.5 Å². The fourth-order valence-electron chi connectivity index (χ4n) is 2.26. The molecule has 3 aromatic rings. The first-order valence-electron chi connectivity index (χ1n) is 7.61. The van der Waals surface area contributed by atoms with Crippen molar-refractivity contribution in [2.75, 3.05) is 10.6 Å². The molecule has 10 nitrogen and oxygen atoms in total. The SMILES string of the molecule is Cc1cnc(C#N)nc1Nc1nc(NC2CC2)c2ncc(C#N)n2n1. The molecule has 122 valence electrons. The highest BCUT2D eigenvalue weighted by molar-refractivity contribution is 5.67. The third-order valence-corrected chi connectivity index (χ3v) is 3.70. The lowest BCUT2D eigenvalue weighted by Crippen LogP contribution is -2.11. The molecule has 0 saturated heterocycles. The standard InChI is InChI=1S/C15H12N10/c1-8-6-18-11(5-17)21-12(8)22-15-23-13(20-9-2-3-9)14-19-7-10(4-16)25(14)24-15/h6-7,9H,2-3H2,1H3,(H2,18,20,21,22,23,24). The van der Waals surface area contributed by atoms with Crippen molar-refractivity contribution >= 4 is 23.2 Å². The van der Waals surface area contributed by atoms with Crippen molar-refractivity contribution in [2.24, 2.45) is 0 Å². The lowest BCUT2D eigenvalue weighted by Gasteiger charge is -2.10. The van der Waals surface area contributed by atoms with Crippen LogP contribution in [0.3, 0.4) is 0 Å². The predicted octanol–water partition coefficient (Wildman–Crippen LogP) is 1.28. The van der Waals surface area contributed by atoms with E-state index in [4.69, 9.17) is 5.26 Å². The van der Waals surface area contributed by atoms with E-state index >= 15 is 0 Å². The van der Waals surface area contributed by atoms with Gasteiger partial charge in [-0.05, 0) is 19.8 Å². The van der Waals surface area contributed by atoms with Crippen molar-refractivity contribution in [3.63, 3.8) is 0 Å². The van der Waals surface area contributed by atoms with E-state index in [2.05, 4.69) is 41.7 Å². The zero-order valence-corrected chi connectivity index (χ0v) is 13.2. The number of hydrogen-bond donors (Lipinski definition) is 2. The van der Waals surface area contributed by atoms with Crippen LogP contribution < -0.4 is 10.6 Å². The number of hydrogen-bond acceptors (Lipinski definition) is 9. The Balaban J connectivity index is 1.79. The van der Waals surface area contributed by atoms with Crippen LogP contribution in [0.2, 0.25) is 0 Å². The molecule has 4 rings (SSSR count). The summed E-state index contributed by atoms with van der Waals surface area (Å²) in [7, 11) is 0. The van der Waals surface area contributed by atoms with Gasteiger partial charge < -0.3 is 10.6 Å². The summed E-state index contributed by atoms with van der Waals surface area (Å²) in [5.74, 6) is 1.28. The largest absolute Gasteiger partial charge is 0.364 e. The number of imidazole rings is 1. The fraction of sp³-hybridized carbons (Fsp3) is 0.267. The zero-order chi connectivity index (χ0) is 17.4. The molecule has 0 unspecified atom stereocenters.